The Morgan fingerprint density at radius 3 is 2.56 bits per heavy atom. The Kier molecular flexibility index (Phi) is 4.84. The Bertz CT molecular complexity index is 925. The van der Waals surface area contributed by atoms with E-state index >= 15 is 0 Å². The molecule has 1 amide bonds. The first kappa shape index (κ1) is 16.8. The summed E-state index contributed by atoms with van der Waals surface area (Å²) in [6.07, 6.45) is 3.30. The Morgan fingerprint density at radius 1 is 1.12 bits per heavy atom. The van der Waals surface area contributed by atoms with Gasteiger partial charge < -0.3 is 13.9 Å². The molecule has 0 aliphatic heterocycles. The van der Waals surface area contributed by atoms with E-state index in [0.717, 1.165) is 16.9 Å². The molecular weight excluding hydrogens is 316 g/mol. The summed E-state index contributed by atoms with van der Waals surface area (Å²) in [5.41, 5.74) is 1.82. The third kappa shape index (κ3) is 3.71. The predicted octanol–water partition coefficient (Wildman–Crippen LogP) is 3.07. The first-order valence-electron chi connectivity index (χ1n) is 8.08. The molecule has 1 aromatic carbocycles. The zero-order valence-electron chi connectivity index (χ0n) is 14.3. The molecule has 0 aliphatic rings. The van der Waals surface area contributed by atoms with Gasteiger partial charge in [-0.05, 0) is 30.7 Å². The van der Waals surface area contributed by atoms with Gasteiger partial charge in [0.15, 0.2) is 0 Å². The van der Waals surface area contributed by atoms with Gasteiger partial charge in [-0.2, -0.15) is 0 Å². The summed E-state index contributed by atoms with van der Waals surface area (Å²) in [4.78, 5) is 26.9. The maximum absolute atomic E-state index is 12.7. The van der Waals surface area contributed by atoms with Crippen LogP contribution < -0.4 is 5.56 Å². The summed E-state index contributed by atoms with van der Waals surface area (Å²) in [5, 5.41) is 0. The van der Waals surface area contributed by atoms with Crippen LogP contribution in [0.3, 0.4) is 0 Å². The highest BCUT2D eigenvalue weighted by Gasteiger charge is 2.18. The smallest absolute Gasteiger partial charge is 0.263 e. The second-order valence-corrected chi connectivity index (χ2v) is 6.00. The van der Waals surface area contributed by atoms with Gasteiger partial charge >= 0.3 is 0 Å². The number of aryl methyl sites for hydroxylation is 1. The Morgan fingerprint density at radius 2 is 1.88 bits per heavy atom. The molecule has 3 aromatic rings. The van der Waals surface area contributed by atoms with Crippen molar-refractivity contribution < 1.29 is 9.21 Å². The zero-order valence-corrected chi connectivity index (χ0v) is 14.3. The average Bonchev–Trinajstić information content (AvgIpc) is 3.02. The molecular formula is C20H20N2O3. The van der Waals surface area contributed by atoms with Gasteiger partial charge in [-0.15, -0.1) is 0 Å². The molecule has 0 spiro atoms. The molecule has 25 heavy (non-hydrogen) atoms. The number of hydrogen-bond donors (Lipinski definition) is 0. The van der Waals surface area contributed by atoms with Crippen molar-refractivity contribution in [1.82, 2.24) is 9.47 Å². The highest BCUT2D eigenvalue weighted by atomic mass is 16.3. The third-order valence-electron chi connectivity index (χ3n) is 4.17. The van der Waals surface area contributed by atoms with Gasteiger partial charge in [0.2, 0.25) is 0 Å². The molecule has 0 unspecified atom stereocenters. The molecule has 5 nitrogen and oxygen atoms in total. The van der Waals surface area contributed by atoms with E-state index in [1.165, 1.54) is 4.90 Å². The van der Waals surface area contributed by atoms with Crippen LogP contribution in [0, 0.1) is 6.92 Å². The van der Waals surface area contributed by atoms with Crippen LogP contribution in [0.15, 0.2) is 70.2 Å². The number of amides is 1. The lowest BCUT2D eigenvalue weighted by Crippen LogP contribution is -2.34. The number of carbonyl (C=O) groups excluding carboxylic acids is 1. The van der Waals surface area contributed by atoms with E-state index in [9.17, 15) is 9.59 Å². The predicted molar refractivity (Wildman–Crippen MR) is 95.5 cm³/mol. The average molecular weight is 336 g/mol. The van der Waals surface area contributed by atoms with Crippen LogP contribution in [0.25, 0.3) is 0 Å². The number of nitrogens with zero attached hydrogens (tertiary/aromatic N) is 2. The Hall–Kier alpha value is -3.08. The molecule has 3 rings (SSSR count). The first-order valence-corrected chi connectivity index (χ1v) is 8.08. The molecule has 0 saturated carbocycles. The highest BCUT2D eigenvalue weighted by Crippen LogP contribution is 2.12. The standard InChI is InChI=1S/C20H20N2O3/c1-15-17(10-12-25-15)14-21(2)19(23)18-9-6-11-22(20(18)24)13-16-7-4-3-5-8-16/h3-12H,13-14H2,1-2H3. The number of pyridine rings is 1. The minimum atomic E-state index is -0.298. The Balaban J connectivity index is 1.82. The summed E-state index contributed by atoms with van der Waals surface area (Å²) in [6, 6.07) is 14.8. The van der Waals surface area contributed by atoms with Crippen molar-refractivity contribution in [3.63, 3.8) is 0 Å². The van der Waals surface area contributed by atoms with Crippen LogP contribution in [0.1, 0.15) is 27.2 Å². The molecule has 5 heteroatoms. The van der Waals surface area contributed by atoms with E-state index in [-0.39, 0.29) is 17.0 Å². The van der Waals surface area contributed by atoms with Gasteiger partial charge in [-0.25, -0.2) is 0 Å². The summed E-state index contributed by atoms with van der Waals surface area (Å²) >= 11 is 0. The number of aromatic nitrogens is 1. The molecule has 0 radical (unpaired) electrons. The van der Waals surface area contributed by atoms with Gasteiger partial charge in [0.25, 0.3) is 11.5 Å². The van der Waals surface area contributed by atoms with Crippen LogP contribution in [0.2, 0.25) is 0 Å². The summed E-state index contributed by atoms with van der Waals surface area (Å²) in [5.74, 6) is 0.474. The van der Waals surface area contributed by atoms with Crippen LogP contribution in [-0.2, 0) is 13.1 Å². The van der Waals surface area contributed by atoms with Crippen molar-refractivity contribution in [3.8, 4) is 0 Å². The first-order chi connectivity index (χ1) is 12.1. The fraction of sp³-hybridized carbons (Fsp3) is 0.200. The van der Waals surface area contributed by atoms with E-state index in [1.807, 2.05) is 43.3 Å². The van der Waals surface area contributed by atoms with Crippen LogP contribution >= 0.6 is 0 Å². The van der Waals surface area contributed by atoms with Crippen molar-refractivity contribution in [2.24, 2.45) is 0 Å². The highest BCUT2D eigenvalue weighted by molar-refractivity contribution is 5.93. The number of hydrogen-bond acceptors (Lipinski definition) is 3. The van der Waals surface area contributed by atoms with Crippen molar-refractivity contribution >= 4 is 5.91 Å². The van der Waals surface area contributed by atoms with Crippen LogP contribution in [0.4, 0.5) is 0 Å². The largest absolute Gasteiger partial charge is 0.469 e. The Labute approximate surface area is 146 Å². The monoisotopic (exact) mass is 336 g/mol. The molecule has 0 atom stereocenters. The van der Waals surface area contributed by atoms with Crippen molar-refractivity contribution in [2.75, 3.05) is 7.05 Å². The van der Waals surface area contributed by atoms with E-state index in [4.69, 9.17) is 4.42 Å². The van der Waals surface area contributed by atoms with E-state index in [1.54, 1.807) is 36.2 Å². The van der Waals surface area contributed by atoms with Crippen molar-refractivity contribution in [3.05, 3.63) is 93.8 Å². The topological polar surface area (TPSA) is 55.5 Å². The fourth-order valence-electron chi connectivity index (χ4n) is 2.71. The summed E-state index contributed by atoms with van der Waals surface area (Å²) < 4.78 is 6.81. The quantitative estimate of drug-likeness (QED) is 0.719. The molecule has 0 N–H and O–H groups in total. The van der Waals surface area contributed by atoms with E-state index in [0.29, 0.717) is 13.1 Å². The normalized spacial score (nSPS) is 10.6. The second-order valence-electron chi connectivity index (χ2n) is 6.00. The number of carbonyl (C=O) groups is 1. The lowest BCUT2D eigenvalue weighted by molar-refractivity contribution is 0.0782. The van der Waals surface area contributed by atoms with Crippen LogP contribution in [0.5, 0.6) is 0 Å². The maximum Gasteiger partial charge on any atom is 0.263 e. The zero-order chi connectivity index (χ0) is 17.8. The third-order valence-corrected chi connectivity index (χ3v) is 4.17. The molecule has 0 saturated heterocycles. The minimum Gasteiger partial charge on any atom is -0.469 e. The number of benzene rings is 1. The summed E-state index contributed by atoms with van der Waals surface area (Å²) in [6.45, 7) is 2.68. The molecule has 2 aromatic heterocycles. The van der Waals surface area contributed by atoms with Crippen molar-refractivity contribution in [1.29, 1.82) is 0 Å². The van der Waals surface area contributed by atoms with Gasteiger partial charge in [0.1, 0.15) is 11.3 Å². The van der Waals surface area contributed by atoms with Gasteiger partial charge in [0, 0.05) is 25.4 Å². The fourth-order valence-corrected chi connectivity index (χ4v) is 2.71. The number of rotatable bonds is 5. The van der Waals surface area contributed by atoms with E-state index < -0.39 is 0 Å². The summed E-state index contributed by atoms with van der Waals surface area (Å²) in [7, 11) is 1.68. The lowest BCUT2D eigenvalue weighted by atomic mass is 10.2. The molecule has 0 fully saturated rings. The molecule has 128 valence electrons. The minimum absolute atomic E-state index is 0.169. The molecule has 0 bridgehead atoms. The molecule has 0 aliphatic carbocycles. The molecule has 2 heterocycles. The van der Waals surface area contributed by atoms with Gasteiger partial charge in [-0.1, -0.05) is 30.3 Å². The second kappa shape index (κ2) is 7.21. The van der Waals surface area contributed by atoms with Gasteiger partial charge in [-0.3, -0.25) is 9.59 Å². The lowest BCUT2D eigenvalue weighted by Gasteiger charge is -2.17. The van der Waals surface area contributed by atoms with E-state index in [2.05, 4.69) is 0 Å². The van der Waals surface area contributed by atoms with Crippen LogP contribution in [-0.4, -0.2) is 22.4 Å². The van der Waals surface area contributed by atoms with Gasteiger partial charge in [0.05, 0.1) is 12.8 Å². The van der Waals surface area contributed by atoms with Crippen molar-refractivity contribution in [2.45, 2.75) is 20.0 Å². The maximum atomic E-state index is 12.7. The SMILES string of the molecule is Cc1occc1CN(C)C(=O)c1cccn(Cc2ccccc2)c1=O. The number of furan rings is 1.